The Labute approximate surface area is 112 Å². The third-order valence-electron chi connectivity index (χ3n) is 3.90. The summed E-state index contributed by atoms with van der Waals surface area (Å²) in [5, 5.41) is 23.7. The molecule has 0 atom stereocenters. The molecular formula is C14H20N2O3. The molecule has 0 aromatic heterocycles. The van der Waals surface area contributed by atoms with Crippen LogP contribution in [-0.2, 0) is 6.54 Å². The van der Waals surface area contributed by atoms with E-state index in [4.69, 9.17) is 0 Å². The van der Waals surface area contributed by atoms with Gasteiger partial charge in [0, 0.05) is 24.2 Å². The topological polar surface area (TPSA) is 75.4 Å². The van der Waals surface area contributed by atoms with Gasteiger partial charge in [-0.3, -0.25) is 10.1 Å². The SMILES string of the molecule is O=[N+]([O-])c1cccc(CNC2(CO)CCCCC2)c1. The van der Waals surface area contributed by atoms with E-state index in [1.807, 2.05) is 6.07 Å². The number of hydrogen-bond donors (Lipinski definition) is 2. The Balaban J connectivity index is 2.00. The molecule has 0 unspecified atom stereocenters. The van der Waals surface area contributed by atoms with Gasteiger partial charge in [0.2, 0.25) is 0 Å². The van der Waals surface area contributed by atoms with Gasteiger partial charge in [-0.25, -0.2) is 0 Å². The normalized spacial score (nSPS) is 18.2. The molecule has 1 saturated carbocycles. The number of nitro groups is 1. The van der Waals surface area contributed by atoms with E-state index in [0.717, 1.165) is 31.2 Å². The maximum atomic E-state index is 10.7. The average molecular weight is 264 g/mol. The van der Waals surface area contributed by atoms with E-state index in [1.165, 1.54) is 12.5 Å². The summed E-state index contributed by atoms with van der Waals surface area (Å²) in [6, 6.07) is 6.64. The van der Waals surface area contributed by atoms with Crippen LogP contribution in [-0.4, -0.2) is 22.2 Å². The molecule has 1 fully saturated rings. The van der Waals surface area contributed by atoms with Crippen LogP contribution in [0.2, 0.25) is 0 Å². The molecule has 104 valence electrons. The van der Waals surface area contributed by atoms with Crippen molar-refractivity contribution in [3.8, 4) is 0 Å². The fourth-order valence-electron chi connectivity index (χ4n) is 2.69. The molecule has 0 heterocycles. The Morgan fingerprint density at radius 1 is 1.32 bits per heavy atom. The first kappa shape index (κ1) is 14.0. The van der Waals surface area contributed by atoms with E-state index < -0.39 is 0 Å². The number of nitrogens with one attached hydrogen (secondary N) is 1. The third-order valence-corrected chi connectivity index (χ3v) is 3.90. The molecule has 0 radical (unpaired) electrons. The first-order chi connectivity index (χ1) is 9.15. The van der Waals surface area contributed by atoms with Crippen LogP contribution >= 0.6 is 0 Å². The van der Waals surface area contributed by atoms with Crippen molar-refractivity contribution in [2.75, 3.05) is 6.61 Å². The standard InChI is InChI=1S/C14H20N2O3/c17-11-14(7-2-1-3-8-14)15-10-12-5-4-6-13(9-12)16(18)19/h4-6,9,15,17H,1-3,7-8,10-11H2. The molecule has 0 bridgehead atoms. The van der Waals surface area contributed by atoms with Gasteiger partial charge in [-0.05, 0) is 18.4 Å². The summed E-state index contributed by atoms with van der Waals surface area (Å²) in [5.74, 6) is 0. The number of non-ortho nitro benzene ring substituents is 1. The molecule has 1 aromatic carbocycles. The van der Waals surface area contributed by atoms with Crippen molar-refractivity contribution in [3.05, 3.63) is 39.9 Å². The van der Waals surface area contributed by atoms with Gasteiger partial charge in [0.15, 0.2) is 0 Å². The lowest BCUT2D eigenvalue weighted by Crippen LogP contribution is -2.49. The smallest absolute Gasteiger partial charge is 0.269 e. The highest BCUT2D eigenvalue weighted by molar-refractivity contribution is 5.34. The molecule has 19 heavy (non-hydrogen) atoms. The highest BCUT2D eigenvalue weighted by Crippen LogP contribution is 2.28. The molecule has 0 amide bonds. The van der Waals surface area contributed by atoms with Crippen LogP contribution in [0, 0.1) is 10.1 Å². The van der Waals surface area contributed by atoms with Crippen molar-refractivity contribution in [1.82, 2.24) is 5.32 Å². The van der Waals surface area contributed by atoms with Gasteiger partial charge in [0.25, 0.3) is 5.69 Å². The van der Waals surface area contributed by atoms with E-state index >= 15 is 0 Å². The van der Waals surface area contributed by atoms with E-state index in [0.29, 0.717) is 6.54 Å². The summed E-state index contributed by atoms with van der Waals surface area (Å²) in [6.07, 6.45) is 5.42. The summed E-state index contributed by atoms with van der Waals surface area (Å²) >= 11 is 0. The Hall–Kier alpha value is -1.46. The zero-order valence-electron chi connectivity index (χ0n) is 11.0. The van der Waals surface area contributed by atoms with E-state index in [9.17, 15) is 15.2 Å². The van der Waals surface area contributed by atoms with Crippen LogP contribution in [0.3, 0.4) is 0 Å². The van der Waals surface area contributed by atoms with Crippen molar-refractivity contribution in [2.24, 2.45) is 0 Å². The Morgan fingerprint density at radius 3 is 2.68 bits per heavy atom. The van der Waals surface area contributed by atoms with Crippen LogP contribution in [0.15, 0.2) is 24.3 Å². The van der Waals surface area contributed by atoms with Gasteiger partial charge in [0.1, 0.15) is 0 Å². The average Bonchev–Trinajstić information content (AvgIpc) is 2.46. The fourth-order valence-corrected chi connectivity index (χ4v) is 2.69. The first-order valence-electron chi connectivity index (χ1n) is 6.74. The molecule has 0 saturated heterocycles. The minimum Gasteiger partial charge on any atom is -0.394 e. The quantitative estimate of drug-likeness (QED) is 0.632. The molecule has 5 heteroatoms. The monoisotopic (exact) mass is 264 g/mol. The lowest BCUT2D eigenvalue weighted by molar-refractivity contribution is -0.384. The maximum Gasteiger partial charge on any atom is 0.269 e. The zero-order chi connectivity index (χ0) is 13.7. The fraction of sp³-hybridized carbons (Fsp3) is 0.571. The van der Waals surface area contributed by atoms with Crippen LogP contribution in [0.4, 0.5) is 5.69 Å². The highest BCUT2D eigenvalue weighted by Gasteiger charge is 2.30. The van der Waals surface area contributed by atoms with E-state index in [1.54, 1.807) is 12.1 Å². The van der Waals surface area contributed by atoms with Crippen molar-refractivity contribution < 1.29 is 10.0 Å². The third kappa shape index (κ3) is 3.52. The second-order valence-electron chi connectivity index (χ2n) is 5.28. The minimum atomic E-state index is -0.383. The molecule has 5 nitrogen and oxygen atoms in total. The van der Waals surface area contributed by atoms with Crippen molar-refractivity contribution in [2.45, 2.75) is 44.2 Å². The number of rotatable bonds is 5. The van der Waals surface area contributed by atoms with Crippen LogP contribution in [0.1, 0.15) is 37.7 Å². The molecular weight excluding hydrogens is 244 g/mol. The number of aliphatic hydroxyl groups is 1. The van der Waals surface area contributed by atoms with Crippen LogP contribution in [0.25, 0.3) is 0 Å². The van der Waals surface area contributed by atoms with Gasteiger partial charge < -0.3 is 10.4 Å². The number of nitrogens with zero attached hydrogens (tertiary/aromatic N) is 1. The molecule has 1 aliphatic rings. The number of aliphatic hydroxyl groups excluding tert-OH is 1. The second kappa shape index (κ2) is 6.12. The Morgan fingerprint density at radius 2 is 2.05 bits per heavy atom. The number of nitro benzene ring substituents is 1. The first-order valence-corrected chi connectivity index (χ1v) is 6.74. The molecule has 0 spiro atoms. The predicted molar refractivity (Wildman–Crippen MR) is 72.8 cm³/mol. The number of hydrogen-bond acceptors (Lipinski definition) is 4. The van der Waals surface area contributed by atoms with Gasteiger partial charge in [-0.1, -0.05) is 31.4 Å². The van der Waals surface area contributed by atoms with Crippen LogP contribution in [0.5, 0.6) is 0 Å². The lowest BCUT2D eigenvalue weighted by atomic mass is 9.82. The summed E-state index contributed by atoms with van der Waals surface area (Å²) in [7, 11) is 0. The van der Waals surface area contributed by atoms with Gasteiger partial charge in [-0.2, -0.15) is 0 Å². The zero-order valence-corrected chi connectivity index (χ0v) is 11.0. The molecule has 1 aromatic rings. The van der Waals surface area contributed by atoms with E-state index in [2.05, 4.69) is 5.32 Å². The summed E-state index contributed by atoms with van der Waals surface area (Å²) in [6.45, 7) is 0.685. The molecule has 0 aliphatic heterocycles. The molecule has 1 aliphatic carbocycles. The molecule has 2 N–H and O–H groups in total. The summed E-state index contributed by atoms with van der Waals surface area (Å²) in [5.41, 5.74) is 0.789. The van der Waals surface area contributed by atoms with Crippen molar-refractivity contribution in [1.29, 1.82) is 0 Å². The molecule has 2 rings (SSSR count). The van der Waals surface area contributed by atoms with Gasteiger partial charge in [0.05, 0.1) is 11.5 Å². The predicted octanol–water partition coefficient (Wildman–Crippen LogP) is 2.38. The number of benzene rings is 1. The Kier molecular flexibility index (Phi) is 4.50. The summed E-state index contributed by atoms with van der Waals surface area (Å²) in [4.78, 5) is 10.3. The van der Waals surface area contributed by atoms with Gasteiger partial charge in [-0.15, -0.1) is 0 Å². The summed E-state index contributed by atoms with van der Waals surface area (Å²) < 4.78 is 0. The largest absolute Gasteiger partial charge is 0.394 e. The minimum absolute atomic E-state index is 0.112. The van der Waals surface area contributed by atoms with Gasteiger partial charge >= 0.3 is 0 Å². The second-order valence-corrected chi connectivity index (χ2v) is 5.28. The van der Waals surface area contributed by atoms with Crippen molar-refractivity contribution in [3.63, 3.8) is 0 Å². The maximum absolute atomic E-state index is 10.7. The van der Waals surface area contributed by atoms with E-state index in [-0.39, 0.29) is 22.8 Å². The Bertz CT molecular complexity index is 442. The highest BCUT2D eigenvalue weighted by atomic mass is 16.6. The van der Waals surface area contributed by atoms with Crippen molar-refractivity contribution >= 4 is 5.69 Å². The van der Waals surface area contributed by atoms with Crippen LogP contribution < -0.4 is 5.32 Å². The lowest BCUT2D eigenvalue weighted by Gasteiger charge is -2.36.